The number of imidazole rings is 1. The van der Waals surface area contributed by atoms with Gasteiger partial charge in [0.05, 0.1) is 5.41 Å². The number of carbonyl (C=O) groups is 2. The Balaban J connectivity index is 1.86. The van der Waals surface area contributed by atoms with Crippen molar-refractivity contribution in [3.8, 4) is 0 Å². The molecule has 9 nitrogen and oxygen atoms in total. The summed E-state index contributed by atoms with van der Waals surface area (Å²) in [6, 6.07) is 0. The molecule has 3 rings (SSSR count). The third-order valence-electron chi connectivity index (χ3n) is 3.87. The fourth-order valence-corrected chi connectivity index (χ4v) is 2.44. The molecule has 1 saturated carbocycles. The summed E-state index contributed by atoms with van der Waals surface area (Å²) < 4.78 is 12.0. The Morgan fingerprint density at radius 2 is 1.92 bits per heavy atom. The van der Waals surface area contributed by atoms with Crippen LogP contribution in [0.1, 0.15) is 20.3 Å². The minimum atomic E-state index is -0.494. The topological polar surface area (TPSA) is 122 Å². The molecule has 126 valence electrons. The van der Waals surface area contributed by atoms with Crippen LogP contribution in [-0.2, 0) is 19.1 Å². The Kier molecular flexibility index (Phi) is 3.92. The molecule has 0 radical (unpaired) electrons. The largest absolute Gasteiger partial charge is 0.465 e. The molecule has 2 aromatic rings. The summed E-state index contributed by atoms with van der Waals surface area (Å²) in [7, 11) is 0. The van der Waals surface area contributed by atoms with E-state index in [9.17, 15) is 9.59 Å². The van der Waals surface area contributed by atoms with Crippen LogP contribution in [0, 0.1) is 5.41 Å². The molecule has 2 N–H and O–H groups in total. The first-order chi connectivity index (χ1) is 11.4. The highest BCUT2D eigenvalue weighted by Gasteiger charge is 2.51. The van der Waals surface area contributed by atoms with Crippen LogP contribution in [0.2, 0.25) is 0 Å². The second-order valence-corrected chi connectivity index (χ2v) is 5.75. The quantitative estimate of drug-likeness (QED) is 0.797. The lowest BCUT2D eigenvalue weighted by Crippen LogP contribution is -2.21. The van der Waals surface area contributed by atoms with Crippen LogP contribution < -0.4 is 5.73 Å². The smallest absolute Gasteiger partial charge is 0.302 e. The number of fused-ring (bicyclic) bond motifs is 1. The second kappa shape index (κ2) is 5.91. The Hall–Kier alpha value is -2.97. The number of aromatic nitrogens is 4. The molecular formula is C15H17N5O4. The van der Waals surface area contributed by atoms with E-state index in [0.29, 0.717) is 23.4 Å². The average Bonchev–Trinajstić information content (AvgIpc) is 3.04. The molecule has 0 atom stereocenters. The summed E-state index contributed by atoms with van der Waals surface area (Å²) in [5, 5.41) is 0. The van der Waals surface area contributed by atoms with Crippen molar-refractivity contribution in [3.63, 3.8) is 0 Å². The third-order valence-corrected chi connectivity index (χ3v) is 3.87. The number of nitrogens with two attached hydrogens (primary N) is 1. The maximum absolute atomic E-state index is 11.1. The van der Waals surface area contributed by atoms with E-state index < -0.39 is 5.41 Å². The molecule has 0 amide bonds. The Morgan fingerprint density at radius 1 is 1.25 bits per heavy atom. The highest BCUT2D eigenvalue weighted by molar-refractivity contribution is 5.82. The summed E-state index contributed by atoms with van der Waals surface area (Å²) >= 11 is 0. The van der Waals surface area contributed by atoms with E-state index in [0.717, 1.165) is 5.57 Å². The lowest BCUT2D eigenvalue weighted by molar-refractivity contribution is -0.146. The molecule has 1 aliphatic carbocycles. The van der Waals surface area contributed by atoms with Gasteiger partial charge in [-0.25, -0.2) is 15.0 Å². The highest BCUT2D eigenvalue weighted by atomic mass is 16.5. The van der Waals surface area contributed by atoms with Gasteiger partial charge in [-0.15, -0.1) is 0 Å². The molecule has 9 heteroatoms. The molecule has 1 aliphatic rings. The predicted octanol–water partition coefficient (Wildman–Crippen LogP) is 0.766. The predicted molar refractivity (Wildman–Crippen MR) is 84.3 cm³/mol. The highest BCUT2D eigenvalue weighted by Crippen LogP contribution is 2.53. The number of nitrogens with zero attached hydrogens (tertiary/aromatic N) is 4. The van der Waals surface area contributed by atoms with Crippen molar-refractivity contribution in [2.24, 2.45) is 5.41 Å². The van der Waals surface area contributed by atoms with Crippen molar-refractivity contribution >= 4 is 35.1 Å². The molecule has 0 aromatic carbocycles. The Morgan fingerprint density at radius 3 is 2.54 bits per heavy atom. The zero-order chi connectivity index (χ0) is 17.3. The molecular weight excluding hydrogens is 314 g/mol. The number of hydrogen-bond acceptors (Lipinski definition) is 8. The van der Waals surface area contributed by atoms with Gasteiger partial charge in [0.15, 0.2) is 17.0 Å². The van der Waals surface area contributed by atoms with Gasteiger partial charge in [0.2, 0.25) is 0 Å². The lowest BCUT2D eigenvalue weighted by atomic mass is 10.1. The fraction of sp³-hybridized carbons (Fsp3) is 0.400. The van der Waals surface area contributed by atoms with Crippen LogP contribution in [0.3, 0.4) is 0 Å². The van der Waals surface area contributed by atoms with Gasteiger partial charge in [-0.2, -0.15) is 0 Å². The van der Waals surface area contributed by atoms with Gasteiger partial charge in [0, 0.05) is 20.0 Å². The van der Waals surface area contributed by atoms with Crippen molar-refractivity contribution in [2.45, 2.75) is 20.3 Å². The van der Waals surface area contributed by atoms with Gasteiger partial charge in [-0.3, -0.25) is 14.2 Å². The van der Waals surface area contributed by atoms with Crippen molar-refractivity contribution < 1.29 is 19.1 Å². The molecule has 0 aliphatic heterocycles. The summed E-state index contributed by atoms with van der Waals surface area (Å²) in [5.74, 6) is -0.451. The lowest BCUT2D eigenvalue weighted by Gasteiger charge is -2.14. The zero-order valence-electron chi connectivity index (χ0n) is 13.4. The van der Waals surface area contributed by atoms with E-state index in [1.165, 1.54) is 20.2 Å². The molecule has 0 spiro atoms. The minimum Gasteiger partial charge on any atom is -0.465 e. The fourth-order valence-electron chi connectivity index (χ4n) is 2.44. The van der Waals surface area contributed by atoms with Gasteiger partial charge < -0.3 is 15.2 Å². The second-order valence-electron chi connectivity index (χ2n) is 5.75. The molecule has 0 unspecified atom stereocenters. The average molecular weight is 331 g/mol. The van der Waals surface area contributed by atoms with Gasteiger partial charge in [-0.05, 0) is 12.0 Å². The van der Waals surface area contributed by atoms with Gasteiger partial charge >= 0.3 is 11.9 Å². The van der Waals surface area contributed by atoms with Crippen LogP contribution in [0.25, 0.3) is 17.4 Å². The number of ether oxygens (including phenoxy) is 2. The first kappa shape index (κ1) is 15.9. The molecule has 0 bridgehead atoms. The van der Waals surface area contributed by atoms with Gasteiger partial charge in [0.1, 0.15) is 25.9 Å². The Bertz CT molecular complexity index is 824. The van der Waals surface area contributed by atoms with Crippen molar-refractivity contribution in [3.05, 3.63) is 18.2 Å². The first-order valence-corrected chi connectivity index (χ1v) is 7.32. The maximum atomic E-state index is 11.1. The number of esters is 2. The number of rotatable bonds is 5. The van der Waals surface area contributed by atoms with Crippen LogP contribution >= 0.6 is 0 Å². The van der Waals surface area contributed by atoms with Crippen molar-refractivity contribution in [1.29, 1.82) is 0 Å². The normalized spacial score (nSPS) is 17.0. The van der Waals surface area contributed by atoms with Crippen LogP contribution in [0.5, 0.6) is 0 Å². The van der Waals surface area contributed by atoms with Crippen molar-refractivity contribution in [2.75, 3.05) is 18.9 Å². The molecule has 2 aromatic heterocycles. The van der Waals surface area contributed by atoms with Crippen LogP contribution in [-0.4, -0.2) is 44.7 Å². The van der Waals surface area contributed by atoms with Crippen LogP contribution in [0.15, 0.2) is 18.2 Å². The number of nitrogen functional groups attached to an aromatic ring is 1. The molecule has 2 heterocycles. The van der Waals surface area contributed by atoms with Gasteiger partial charge in [0.25, 0.3) is 0 Å². The van der Waals surface area contributed by atoms with E-state index in [1.54, 1.807) is 10.9 Å². The molecule has 0 saturated heterocycles. The first-order valence-electron chi connectivity index (χ1n) is 7.32. The minimum absolute atomic E-state index is 0.158. The summed E-state index contributed by atoms with van der Waals surface area (Å²) in [6.07, 6.45) is 5.44. The van der Waals surface area contributed by atoms with E-state index >= 15 is 0 Å². The zero-order valence-corrected chi connectivity index (χ0v) is 13.4. The molecule has 24 heavy (non-hydrogen) atoms. The van der Waals surface area contributed by atoms with Gasteiger partial charge in [-0.1, -0.05) is 0 Å². The standard InChI is InChI=1S/C15H17N5O4/c1-9(21)23-5-15(6-24-10(2)22)3-11(15)4-20-8-19-12-13(16)17-7-18-14(12)20/h4,7-8H,3,5-6H2,1-2H3,(H2,16,17,18)/b11-4-. The number of hydrogen-bond donors (Lipinski definition) is 1. The summed E-state index contributed by atoms with van der Waals surface area (Å²) in [4.78, 5) is 34.5. The SMILES string of the molecule is CC(=O)OCC1(COC(C)=O)C/C1=C/n1cnc2c(N)ncnc21. The molecule has 1 fully saturated rings. The summed E-state index contributed by atoms with van der Waals surface area (Å²) in [5.41, 5.74) is 7.34. The monoisotopic (exact) mass is 331 g/mol. The number of anilines is 1. The number of carbonyl (C=O) groups excluding carboxylic acids is 2. The van der Waals surface area contributed by atoms with E-state index in [-0.39, 0.29) is 25.2 Å². The van der Waals surface area contributed by atoms with Crippen molar-refractivity contribution in [1.82, 2.24) is 19.5 Å². The van der Waals surface area contributed by atoms with E-state index in [4.69, 9.17) is 15.2 Å². The van der Waals surface area contributed by atoms with Crippen LogP contribution in [0.4, 0.5) is 5.82 Å². The third kappa shape index (κ3) is 3.05. The van der Waals surface area contributed by atoms with E-state index in [2.05, 4.69) is 15.0 Å². The summed E-state index contributed by atoms with van der Waals surface area (Å²) in [6.45, 7) is 3.00. The van der Waals surface area contributed by atoms with E-state index in [1.807, 2.05) is 6.20 Å². The Labute approximate surface area is 137 Å². The maximum Gasteiger partial charge on any atom is 0.302 e.